The molecule has 0 atom stereocenters. The summed E-state index contributed by atoms with van der Waals surface area (Å²) < 4.78 is 62.5. The number of pyridine rings is 1. The Balaban J connectivity index is 0.000000217. The molecule has 0 saturated heterocycles. The number of benzene rings is 1. The molecule has 0 bridgehead atoms. The maximum atomic E-state index is 12.1. The van der Waals surface area contributed by atoms with Gasteiger partial charge in [-0.15, -0.1) is 0 Å². The van der Waals surface area contributed by atoms with E-state index in [1.165, 1.54) is 0 Å². The SMILES string of the molecule is CC[n+]1ccccc1.[O-]c1c(F)c(F)c(F)c(F)c1F. The van der Waals surface area contributed by atoms with Gasteiger partial charge in [-0.05, 0) is 12.7 Å². The van der Waals surface area contributed by atoms with Crippen molar-refractivity contribution in [3.63, 3.8) is 0 Å². The topological polar surface area (TPSA) is 26.9 Å². The molecule has 0 spiro atoms. The van der Waals surface area contributed by atoms with E-state index >= 15 is 0 Å². The van der Waals surface area contributed by atoms with Crippen molar-refractivity contribution in [3.8, 4) is 5.75 Å². The number of hydrogen-bond donors (Lipinski definition) is 0. The van der Waals surface area contributed by atoms with E-state index in [9.17, 15) is 27.1 Å². The maximum Gasteiger partial charge on any atom is 0.200 e. The monoisotopic (exact) mass is 291 g/mol. The summed E-state index contributed by atoms with van der Waals surface area (Å²) in [5.74, 6) is -13.6. The van der Waals surface area contributed by atoms with Crippen LogP contribution in [-0.2, 0) is 6.54 Å². The van der Waals surface area contributed by atoms with Crippen LogP contribution < -0.4 is 9.67 Å². The van der Waals surface area contributed by atoms with E-state index in [1.807, 2.05) is 18.2 Å². The van der Waals surface area contributed by atoms with E-state index in [-0.39, 0.29) is 0 Å². The first-order valence-corrected chi connectivity index (χ1v) is 5.52. The standard InChI is InChI=1S/C7H10N.C6HF5O/c1-2-8-6-4-3-5-7-8;7-1-2(8)4(10)6(12)5(11)3(1)9/h3-7H,2H2,1H3;12H/q+1;/p-1. The van der Waals surface area contributed by atoms with Crippen LogP contribution in [0.15, 0.2) is 30.6 Å². The molecule has 0 aliphatic heterocycles. The molecule has 1 aromatic heterocycles. The first kappa shape index (κ1) is 15.9. The molecule has 2 rings (SSSR count). The van der Waals surface area contributed by atoms with E-state index in [0.717, 1.165) is 6.54 Å². The second-order valence-electron chi connectivity index (χ2n) is 3.60. The van der Waals surface area contributed by atoms with Crippen molar-refractivity contribution in [2.24, 2.45) is 0 Å². The van der Waals surface area contributed by atoms with Gasteiger partial charge in [0.2, 0.25) is 0 Å². The third kappa shape index (κ3) is 3.43. The molecular formula is C13H10F5NO. The van der Waals surface area contributed by atoms with Gasteiger partial charge in [-0.2, -0.15) is 0 Å². The van der Waals surface area contributed by atoms with Crippen LogP contribution in [0.5, 0.6) is 5.75 Å². The first-order chi connectivity index (χ1) is 9.40. The minimum absolute atomic E-state index is 1.06. The van der Waals surface area contributed by atoms with Gasteiger partial charge < -0.3 is 5.11 Å². The van der Waals surface area contributed by atoms with Gasteiger partial charge in [-0.25, -0.2) is 26.5 Å². The zero-order valence-corrected chi connectivity index (χ0v) is 10.3. The molecule has 1 aromatic carbocycles. The van der Waals surface area contributed by atoms with Crippen LogP contribution in [0.25, 0.3) is 0 Å². The minimum atomic E-state index is -2.33. The quantitative estimate of drug-likeness (QED) is 0.343. The zero-order chi connectivity index (χ0) is 15.3. The van der Waals surface area contributed by atoms with Crippen molar-refractivity contribution in [2.75, 3.05) is 0 Å². The van der Waals surface area contributed by atoms with Gasteiger partial charge in [-0.1, -0.05) is 6.07 Å². The van der Waals surface area contributed by atoms with E-state index in [1.54, 1.807) is 0 Å². The highest BCUT2D eigenvalue weighted by atomic mass is 19.2. The molecule has 2 nitrogen and oxygen atoms in total. The molecule has 0 radical (unpaired) electrons. The highest BCUT2D eigenvalue weighted by Crippen LogP contribution is 2.25. The Morgan fingerprint density at radius 2 is 1.20 bits per heavy atom. The van der Waals surface area contributed by atoms with Gasteiger partial charge in [-0.3, -0.25) is 0 Å². The zero-order valence-electron chi connectivity index (χ0n) is 10.3. The van der Waals surface area contributed by atoms with Crippen molar-refractivity contribution in [3.05, 3.63) is 59.7 Å². The summed E-state index contributed by atoms with van der Waals surface area (Å²) in [4.78, 5) is 0. The third-order valence-corrected chi connectivity index (χ3v) is 2.31. The van der Waals surface area contributed by atoms with Gasteiger partial charge in [0.05, 0.1) is 0 Å². The molecule has 20 heavy (non-hydrogen) atoms. The van der Waals surface area contributed by atoms with Gasteiger partial charge in [0.1, 0.15) is 6.54 Å². The largest absolute Gasteiger partial charge is 0.868 e. The molecule has 1 heterocycles. The Morgan fingerprint density at radius 1 is 0.800 bits per heavy atom. The Hall–Kier alpha value is -2.18. The smallest absolute Gasteiger partial charge is 0.200 e. The molecule has 0 fully saturated rings. The summed E-state index contributed by atoms with van der Waals surface area (Å²) in [6.07, 6.45) is 4.11. The van der Waals surface area contributed by atoms with Crippen LogP contribution >= 0.6 is 0 Å². The van der Waals surface area contributed by atoms with Crippen LogP contribution in [0.3, 0.4) is 0 Å². The molecule has 2 aromatic rings. The number of hydrogen-bond acceptors (Lipinski definition) is 1. The average molecular weight is 291 g/mol. The van der Waals surface area contributed by atoms with Gasteiger partial charge in [0.15, 0.2) is 41.5 Å². The molecule has 0 aliphatic carbocycles. The van der Waals surface area contributed by atoms with Crippen LogP contribution in [0.1, 0.15) is 6.92 Å². The Kier molecular flexibility index (Phi) is 5.42. The first-order valence-electron chi connectivity index (χ1n) is 5.52. The van der Waals surface area contributed by atoms with Crippen molar-refractivity contribution >= 4 is 0 Å². The number of nitrogens with zero attached hydrogens (tertiary/aromatic N) is 1. The predicted octanol–water partition coefficient (Wildman–Crippen LogP) is 2.45. The average Bonchev–Trinajstić information content (AvgIpc) is 2.50. The molecular weight excluding hydrogens is 281 g/mol. The number of aromatic nitrogens is 1. The summed E-state index contributed by atoms with van der Waals surface area (Å²) >= 11 is 0. The Labute approximate surface area is 111 Å². The number of rotatable bonds is 1. The number of aryl methyl sites for hydroxylation is 1. The van der Waals surface area contributed by atoms with Crippen LogP contribution in [0.2, 0.25) is 0 Å². The van der Waals surface area contributed by atoms with Gasteiger partial charge in [0.25, 0.3) is 0 Å². The molecule has 0 amide bonds. The highest BCUT2D eigenvalue weighted by molar-refractivity contribution is 5.26. The van der Waals surface area contributed by atoms with Crippen molar-refractivity contribution in [1.29, 1.82) is 0 Å². The minimum Gasteiger partial charge on any atom is -0.868 e. The lowest BCUT2D eigenvalue weighted by Crippen LogP contribution is -2.30. The van der Waals surface area contributed by atoms with Gasteiger partial charge in [0, 0.05) is 12.1 Å². The maximum absolute atomic E-state index is 12.1. The summed E-state index contributed by atoms with van der Waals surface area (Å²) in [6.45, 7) is 3.18. The molecule has 0 aliphatic rings. The molecule has 0 N–H and O–H groups in total. The van der Waals surface area contributed by atoms with Crippen molar-refractivity contribution in [1.82, 2.24) is 0 Å². The Bertz CT molecular complexity index is 484. The summed E-state index contributed by atoms with van der Waals surface area (Å²) in [5.41, 5.74) is 0. The van der Waals surface area contributed by atoms with E-state index < -0.39 is 34.8 Å². The van der Waals surface area contributed by atoms with E-state index in [4.69, 9.17) is 0 Å². The molecule has 0 unspecified atom stereocenters. The Morgan fingerprint density at radius 3 is 1.55 bits per heavy atom. The number of halogens is 5. The molecule has 0 saturated carbocycles. The lowest BCUT2D eigenvalue weighted by molar-refractivity contribution is -0.693. The normalized spacial score (nSPS) is 9.90. The van der Waals surface area contributed by atoms with Crippen LogP contribution in [0, 0.1) is 29.1 Å². The third-order valence-electron chi connectivity index (χ3n) is 2.31. The van der Waals surface area contributed by atoms with Crippen molar-refractivity contribution < 1.29 is 31.6 Å². The van der Waals surface area contributed by atoms with Crippen LogP contribution in [0.4, 0.5) is 22.0 Å². The predicted molar refractivity (Wildman–Crippen MR) is 58.0 cm³/mol. The fraction of sp³-hybridized carbons (Fsp3) is 0.154. The fourth-order valence-corrected chi connectivity index (χ4v) is 1.23. The fourth-order valence-electron chi connectivity index (χ4n) is 1.23. The molecule has 7 heteroatoms. The van der Waals surface area contributed by atoms with E-state index in [2.05, 4.69) is 23.9 Å². The lowest BCUT2D eigenvalue weighted by atomic mass is 10.3. The second-order valence-corrected chi connectivity index (χ2v) is 3.60. The van der Waals surface area contributed by atoms with Crippen molar-refractivity contribution in [2.45, 2.75) is 13.5 Å². The summed E-state index contributed by atoms with van der Waals surface area (Å²) in [7, 11) is 0. The summed E-state index contributed by atoms with van der Waals surface area (Å²) in [5, 5.41) is 10.2. The lowest BCUT2D eigenvalue weighted by Gasteiger charge is -2.09. The van der Waals surface area contributed by atoms with Crippen LogP contribution in [-0.4, -0.2) is 0 Å². The highest BCUT2D eigenvalue weighted by Gasteiger charge is 2.20. The van der Waals surface area contributed by atoms with Gasteiger partial charge >= 0.3 is 0 Å². The second kappa shape index (κ2) is 6.83. The molecule has 108 valence electrons. The summed E-state index contributed by atoms with van der Waals surface area (Å²) in [6, 6.07) is 6.08. The van der Waals surface area contributed by atoms with E-state index in [0.29, 0.717) is 0 Å².